The Morgan fingerprint density at radius 1 is 1.23 bits per heavy atom. The van der Waals surface area contributed by atoms with Crippen molar-refractivity contribution in [2.45, 2.75) is 29.9 Å². The van der Waals surface area contributed by atoms with Crippen LogP contribution in [0.15, 0.2) is 63.2 Å². The van der Waals surface area contributed by atoms with Crippen molar-refractivity contribution >= 4 is 21.6 Å². The Kier molecular flexibility index (Phi) is 4.67. The normalized spacial score (nSPS) is 19.0. The molecule has 3 heterocycles. The van der Waals surface area contributed by atoms with Crippen LogP contribution in [0.4, 0.5) is 0 Å². The highest BCUT2D eigenvalue weighted by Crippen LogP contribution is 2.33. The minimum Gasteiger partial charge on any atom is -0.446 e. The maximum atomic E-state index is 11.7. The van der Waals surface area contributed by atoms with Gasteiger partial charge in [-0.05, 0) is 43.5 Å². The molecule has 5 nitrogen and oxygen atoms in total. The Bertz CT molecular complexity index is 1000. The molecule has 0 radical (unpaired) electrons. The molecule has 2 aromatic heterocycles. The van der Waals surface area contributed by atoms with Crippen molar-refractivity contribution in [3.8, 4) is 11.6 Å². The number of aryl methyl sites for hydroxylation is 1. The molecule has 26 heavy (non-hydrogen) atoms. The monoisotopic (exact) mass is 388 g/mol. The lowest BCUT2D eigenvalue weighted by Gasteiger charge is -2.10. The molecule has 0 aliphatic carbocycles. The molecule has 0 amide bonds. The van der Waals surface area contributed by atoms with Crippen LogP contribution in [-0.4, -0.2) is 29.5 Å². The van der Waals surface area contributed by atoms with E-state index in [1.807, 2.05) is 22.9 Å². The fourth-order valence-corrected chi connectivity index (χ4v) is 5.81. The highest BCUT2D eigenvalue weighted by molar-refractivity contribution is 7.99. The van der Waals surface area contributed by atoms with Crippen LogP contribution in [0.1, 0.15) is 12.0 Å². The summed E-state index contributed by atoms with van der Waals surface area (Å²) in [7, 11) is -2.87. The maximum absolute atomic E-state index is 11.7. The van der Waals surface area contributed by atoms with Gasteiger partial charge in [0.05, 0.1) is 11.5 Å². The molecular weight excluding hydrogens is 368 g/mol. The van der Waals surface area contributed by atoms with E-state index in [4.69, 9.17) is 4.42 Å². The number of imidazole rings is 1. The van der Waals surface area contributed by atoms with E-state index >= 15 is 0 Å². The highest BCUT2D eigenvalue weighted by atomic mass is 32.2. The number of hydrogen-bond acceptors (Lipinski definition) is 5. The van der Waals surface area contributed by atoms with Crippen molar-refractivity contribution in [1.29, 1.82) is 0 Å². The summed E-state index contributed by atoms with van der Waals surface area (Å²) in [4.78, 5) is 5.53. The van der Waals surface area contributed by atoms with Gasteiger partial charge in [-0.2, -0.15) is 0 Å². The molecule has 7 heteroatoms. The largest absolute Gasteiger partial charge is 0.446 e. The molecule has 0 saturated carbocycles. The lowest BCUT2D eigenvalue weighted by molar-refractivity contribution is 0.464. The fraction of sp³-hybridized carbons (Fsp3) is 0.316. The summed E-state index contributed by atoms with van der Waals surface area (Å²) in [5.41, 5.74) is 1.23. The van der Waals surface area contributed by atoms with Gasteiger partial charge in [0.1, 0.15) is 0 Å². The average molecular weight is 389 g/mol. The van der Waals surface area contributed by atoms with Gasteiger partial charge in [-0.25, -0.2) is 13.4 Å². The molecule has 0 unspecified atom stereocenters. The molecule has 1 atom stereocenters. The van der Waals surface area contributed by atoms with Gasteiger partial charge in [0, 0.05) is 23.8 Å². The van der Waals surface area contributed by atoms with E-state index in [1.54, 1.807) is 18.0 Å². The van der Waals surface area contributed by atoms with Gasteiger partial charge in [0.25, 0.3) is 0 Å². The summed E-state index contributed by atoms with van der Waals surface area (Å²) in [5.74, 6) is 2.14. The van der Waals surface area contributed by atoms with Crippen molar-refractivity contribution in [3.63, 3.8) is 0 Å². The zero-order valence-corrected chi connectivity index (χ0v) is 16.1. The minimum absolute atomic E-state index is 0.143. The maximum Gasteiger partial charge on any atom is 0.176 e. The van der Waals surface area contributed by atoms with Gasteiger partial charge >= 0.3 is 0 Å². The number of benzene rings is 1. The first-order chi connectivity index (χ1) is 12.5. The highest BCUT2D eigenvalue weighted by Gasteiger charge is 2.28. The van der Waals surface area contributed by atoms with E-state index in [0.29, 0.717) is 24.5 Å². The van der Waals surface area contributed by atoms with Crippen molar-refractivity contribution in [1.82, 2.24) is 9.55 Å². The second kappa shape index (κ2) is 6.96. The number of rotatable bonds is 5. The predicted molar refractivity (Wildman–Crippen MR) is 102 cm³/mol. The first-order valence-electron chi connectivity index (χ1n) is 8.55. The number of furan rings is 1. The third-order valence-corrected chi connectivity index (χ3v) is 7.30. The van der Waals surface area contributed by atoms with Crippen LogP contribution in [0, 0.1) is 12.8 Å². The van der Waals surface area contributed by atoms with Gasteiger partial charge in [0.15, 0.2) is 26.5 Å². The number of sulfone groups is 1. The molecule has 1 fully saturated rings. The van der Waals surface area contributed by atoms with E-state index in [2.05, 4.69) is 36.2 Å². The predicted octanol–water partition coefficient (Wildman–Crippen LogP) is 4.04. The van der Waals surface area contributed by atoms with E-state index in [-0.39, 0.29) is 11.7 Å². The minimum atomic E-state index is -2.87. The lowest BCUT2D eigenvalue weighted by atomic mass is 10.1. The third-order valence-electron chi connectivity index (χ3n) is 4.54. The topological polar surface area (TPSA) is 65.1 Å². The van der Waals surface area contributed by atoms with Crippen LogP contribution in [0.2, 0.25) is 0 Å². The van der Waals surface area contributed by atoms with Crippen LogP contribution >= 0.6 is 11.8 Å². The van der Waals surface area contributed by atoms with Gasteiger partial charge in [0.2, 0.25) is 0 Å². The van der Waals surface area contributed by atoms with Crippen molar-refractivity contribution < 1.29 is 12.8 Å². The Labute approximate surface area is 157 Å². The Morgan fingerprint density at radius 2 is 2.04 bits per heavy atom. The van der Waals surface area contributed by atoms with Crippen molar-refractivity contribution in [2.75, 3.05) is 11.5 Å². The van der Waals surface area contributed by atoms with E-state index in [1.165, 1.54) is 5.56 Å². The van der Waals surface area contributed by atoms with Crippen LogP contribution in [0.3, 0.4) is 0 Å². The summed E-state index contributed by atoms with van der Waals surface area (Å²) in [6.45, 7) is 2.71. The quantitative estimate of drug-likeness (QED) is 0.660. The fourth-order valence-electron chi connectivity index (χ4n) is 3.19. The standard InChI is InChI=1S/C19H20N2O3S2/c1-14-2-4-16(5-3-14)25-18-7-6-17(24-18)19-20-9-10-21(19)12-15-8-11-26(22,23)13-15/h2-7,9-10,15H,8,11-13H2,1H3/t15-/m0/s1. The molecule has 4 rings (SSSR count). The molecule has 0 N–H and O–H groups in total. The molecule has 0 spiro atoms. The van der Waals surface area contributed by atoms with Crippen LogP contribution < -0.4 is 0 Å². The van der Waals surface area contributed by atoms with E-state index in [9.17, 15) is 8.42 Å². The second-order valence-corrected chi connectivity index (χ2v) is 10.0. The third kappa shape index (κ3) is 3.88. The zero-order chi connectivity index (χ0) is 18.1. The SMILES string of the molecule is Cc1ccc(Sc2ccc(-c3nccn3C[C@@H]3CCS(=O)(=O)C3)o2)cc1. The Balaban J connectivity index is 1.50. The average Bonchev–Trinajstić information content (AvgIpc) is 3.30. The summed E-state index contributed by atoms with van der Waals surface area (Å²) in [6, 6.07) is 12.2. The van der Waals surface area contributed by atoms with Crippen molar-refractivity contribution in [3.05, 3.63) is 54.4 Å². The lowest BCUT2D eigenvalue weighted by Crippen LogP contribution is -2.12. The molecule has 1 aliphatic rings. The molecular formula is C19H20N2O3S2. The summed E-state index contributed by atoms with van der Waals surface area (Å²) < 4.78 is 31.3. The smallest absolute Gasteiger partial charge is 0.176 e. The number of hydrogen-bond donors (Lipinski definition) is 0. The second-order valence-electron chi connectivity index (χ2n) is 6.71. The van der Waals surface area contributed by atoms with Crippen LogP contribution in [-0.2, 0) is 16.4 Å². The molecule has 1 aromatic carbocycles. The van der Waals surface area contributed by atoms with Gasteiger partial charge in [-0.1, -0.05) is 29.5 Å². The first-order valence-corrected chi connectivity index (χ1v) is 11.2. The summed E-state index contributed by atoms with van der Waals surface area (Å²) in [6.07, 6.45) is 4.33. The molecule has 1 aliphatic heterocycles. The summed E-state index contributed by atoms with van der Waals surface area (Å²) >= 11 is 1.57. The van der Waals surface area contributed by atoms with E-state index < -0.39 is 9.84 Å². The zero-order valence-electron chi connectivity index (χ0n) is 14.5. The molecule has 1 saturated heterocycles. The Morgan fingerprint density at radius 3 is 2.77 bits per heavy atom. The molecule has 136 valence electrons. The van der Waals surface area contributed by atoms with Crippen LogP contribution in [0.25, 0.3) is 11.6 Å². The van der Waals surface area contributed by atoms with Gasteiger partial charge in [-0.3, -0.25) is 0 Å². The number of nitrogens with zero attached hydrogens (tertiary/aromatic N) is 2. The first kappa shape index (κ1) is 17.4. The van der Waals surface area contributed by atoms with Gasteiger partial charge < -0.3 is 8.98 Å². The van der Waals surface area contributed by atoms with Crippen LogP contribution in [0.5, 0.6) is 0 Å². The Hall–Kier alpha value is -1.99. The number of aromatic nitrogens is 2. The van der Waals surface area contributed by atoms with Crippen molar-refractivity contribution in [2.24, 2.45) is 5.92 Å². The van der Waals surface area contributed by atoms with E-state index in [0.717, 1.165) is 15.8 Å². The molecule has 0 bridgehead atoms. The van der Waals surface area contributed by atoms with Gasteiger partial charge in [-0.15, -0.1) is 0 Å². The molecule has 3 aromatic rings. The summed E-state index contributed by atoms with van der Waals surface area (Å²) in [5, 5.41) is 0.807.